The summed E-state index contributed by atoms with van der Waals surface area (Å²) in [6.45, 7) is 18.5. The molecule has 0 bridgehead atoms. The molecular weight excluding hydrogens is 520 g/mol. The zero-order valence-corrected chi connectivity index (χ0v) is 26.8. The lowest BCUT2D eigenvalue weighted by atomic mass is 9.79. The van der Waals surface area contributed by atoms with E-state index in [0.717, 1.165) is 0 Å². The number of para-hydroxylation sites is 4. The van der Waals surface area contributed by atoms with Crippen LogP contribution in [0.2, 0.25) is 0 Å². The topological polar surface area (TPSA) is 6.48 Å². The zero-order valence-electron chi connectivity index (χ0n) is 26.8. The van der Waals surface area contributed by atoms with E-state index < -0.39 is 0 Å². The second kappa shape index (κ2) is 9.35. The molecule has 1 aliphatic carbocycles. The lowest BCUT2D eigenvalue weighted by Gasteiger charge is -2.40. The predicted octanol–water partition coefficient (Wildman–Crippen LogP) is 11.8. The molecule has 0 saturated carbocycles. The fourth-order valence-corrected chi connectivity index (χ4v) is 6.94. The van der Waals surface area contributed by atoms with Gasteiger partial charge in [-0.05, 0) is 92.7 Å². The average Bonchev–Trinajstić information content (AvgIpc) is 3.20. The Morgan fingerprint density at radius 1 is 0.442 bits per heavy atom. The number of anilines is 6. The van der Waals surface area contributed by atoms with Crippen molar-refractivity contribution in [2.45, 2.75) is 71.6 Å². The highest BCUT2D eigenvalue weighted by Gasteiger charge is 2.38. The summed E-state index contributed by atoms with van der Waals surface area (Å²) in [5.41, 5.74) is 15.5. The van der Waals surface area contributed by atoms with Crippen LogP contribution in [0.3, 0.4) is 0 Å². The first kappa shape index (κ1) is 27.5. The molecule has 1 aliphatic heterocycles. The molecule has 2 nitrogen and oxygen atoms in total. The lowest BCUT2D eigenvalue weighted by molar-refractivity contribution is 0.584. The summed E-state index contributed by atoms with van der Waals surface area (Å²) in [5.74, 6) is 0. The molecule has 0 saturated heterocycles. The van der Waals surface area contributed by atoms with Gasteiger partial charge in [-0.2, -0.15) is 0 Å². The standard InChI is InChI=1S/C41H42N2/c1-39(2,3)27-17-20-29(21-18-27)42-35-13-9-11-15-37(35)43(38-16-12-10-14-36(38)42)30-22-24-32-31-23-19-28(40(4,5)6)25-33(31)41(7,8)34(32)26-30/h9-26H,1-8H3. The molecule has 2 aliphatic rings. The average molecular weight is 563 g/mol. The number of benzene rings is 5. The van der Waals surface area contributed by atoms with E-state index >= 15 is 0 Å². The second-order valence-corrected chi connectivity index (χ2v) is 14.8. The summed E-state index contributed by atoms with van der Waals surface area (Å²) in [5, 5.41) is 0. The summed E-state index contributed by atoms with van der Waals surface area (Å²) in [7, 11) is 0. The van der Waals surface area contributed by atoms with Crippen molar-refractivity contribution in [2.24, 2.45) is 0 Å². The Bertz CT molecular complexity index is 1810. The van der Waals surface area contributed by atoms with E-state index in [1.807, 2.05) is 0 Å². The molecule has 216 valence electrons. The van der Waals surface area contributed by atoms with E-state index in [0.29, 0.717) is 0 Å². The van der Waals surface area contributed by atoms with Crippen LogP contribution in [0.15, 0.2) is 109 Å². The Hall–Kier alpha value is -4.30. The molecule has 0 amide bonds. The second-order valence-electron chi connectivity index (χ2n) is 14.8. The summed E-state index contributed by atoms with van der Waals surface area (Å²) < 4.78 is 0. The maximum Gasteiger partial charge on any atom is 0.0703 e. The number of fused-ring (bicyclic) bond motifs is 5. The highest BCUT2D eigenvalue weighted by molar-refractivity contribution is 6.01. The van der Waals surface area contributed by atoms with Crippen LogP contribution in [-0.4, -0.2) is 0 Å². The summed E-state index contributed by atoms with van der Waals surface area (Å²) in [4.78, 5) is 4.86. The van der Waals surface area contributed by atoms with E-state index in [1.165, 1.54) is 67.5 Å². The van der Waals surface area contributed by atoms with Crippen LogP contribution >= 0.6 is 0 Å². The highest BCUT2D eigenvalue weighted by atomic mass is 15.3. The minimum absolute atomic E-state index is 0.0857. The first-order chi connectivity index (χ1) is 20.4. The fraction of sp³-hybridized carbons (Fsp3) is 0.268. The Labute approximate surface area is 257 Å². The quantitative estimate of drug-likeness (QED) is 0.207. The van der Waals surface area contributed by atoms with Gasteiger partial charge >= 0.3 is 0 Å². The molecule has 0 radical (unpaired) electrons. The van der Waals surface area contributed by atoms with E-state index in [2.05, 4.69) is 174 Å². The van der Waals surface area contributed by atoms with Gasteiger partial charge in [0, 0.05) is 16.8 Å². The molecule has 7 rings (SSSR count). The van der Waals surface area contributed by atoms with Gasteiger partial charge in [0.1, 0.15) is 0 Å². The first-order valence-corrected chi connectivity index (χ1v) is 15.5. The van der Waals surface area contributed by atoms with Gasteiger partial charge < -0.3 is 9.80 Å². The van der Waals surface area contributed by atoms with E-state index in [-0.39, 0.29) is 16.2 Å². The van der Waals surface area contributed by atoms with Crippen LogP contribution in [0.1, 0.15) is 77.6 Å². The van der Waals surface area contributed by atoms with Crippen LogP contribution in [0.25, 0.3) is 11.1 Å². The predicted molar refractivity (Wildman–Crippen MR) is 184 cm³/mol. The first-order valence-electron chi connectivity index (χ1n) is 15.5. The molecule has 2 heteroatoms. The van der Waals surface area contributed by atoms with E-state index in [1.54, 1.807) is 0 Å². The van der Waals surface area contributed by atoms with Crippen molar-refractivity contribution >= 4 is 34.1 Å². The molecule has 5 aromatic rings. The van der Waals surface area contributed by atoms with E-state index in [4.69, 9.17) is 0 Å². The van der Waals surface area contributed by atoms with Crippen molar-refractivity contribution in [1.29, 1.82) is 0 Å². The zero-order chi connectivity index (χ0) is 30.3. The van der Waals surface area contributed by atoms with Crippen LogP contribution in [0, 0.1) is 0 Å². The Morgan fingerprint density at radius 2 is 0.837 bits per heavy atom. The molecule has 0 spiro atoms. The third-order valence-electron chi connectivity index (χ3n) is 9.50. The largest absolute Gasteiger partial charge is 0.306 e. The van der Waals surface area contributed by atoms with Crippen LogP contribution in [0.5, 0.6) is 0 Å². The van der Waals surface area contributed by atoms with Crippen molar-refractivity contribution in [3.63, 3.8) is 0 Å². The minimum Gasteiger partial charge on any atom is -0.306 e. The molecular formula is C41H42N2. The number of hydrogen-bond acceptors (Lipinski definition) is 2. The normalized spacial score (nSPS) is 15.1. The minimum atomic E-state index is -0.0857. The molecule has 0 atom stereocenters. The van der Waals surface area contributed by atoms with Crippen molar-refractivity contribution in [3.8, 4) is 11.1 Å². The lowest BCUT2D eigenvalue weighted by Crippen LogP contribution is -2.24. The van der Waals surface area contributed by atoms with Gasteiger partial charge in [0.05, 0.1) is 22.7 Å². The van der Waals surface area contributed by atoms with Gasteiger partial charge in [-0.3, -0.25) is 0 Å². The SMILES string of the molecule is CC(C)(C)c1ccc(N2c3ccccc3N(c3ccc4c(c3)C(C)(C)c3cc(C(C)(C)C)ccc3-4)c3ccccc32)cc1. The van der Waals surface area contributed by atoms with Crippen LogP contribution in [0.4, 0.5) is 34.1 Å². The fourth-order valence-electron chi connectivity index (χ4n) is 6.94. The van der Waals surface area contributed by atoms with Crippen molar-refractivity contribution in [2.75, 3.05) is 9.80 Å². The Balaban J connectivity index is 1.37. The molecule has 0 aromatic heterocycles. The summed E-state index contributed by atoms with van der Waals surface area (Å²) in [6.07, 6.45) is 0. The maximum absolute atomic E-state index is 2.45. The molecule has 1 heterocycles. The third kappa shape index (κ3) is 4.30. The highest BCUT2D eigenvalue weighted by Crippen LogP contribution is 2.56. The third-order valence-corrected chi connectivity index (χ3v) is 9.50. The van der Waals surface area contributed by atoms with Gasteiger partial charge in [0.15, 0.2) is 0 Å². The van der Waals surface area contributed by atoms with Crippen LogP contribution < -0.4 is 9.80 Å². The van der Waals surface area contributed by atoms with Gasteiger partial charge in [-0.25, -0.2) is 0 Å². The number of rotatable bonds is 2. The van der Waals surface area contributed by atoms with Gasteiger partial charge in [-0.15, -0.1) is 0 Å². The van der Waals surface area contributed by atoms with Gasteiger partial charge in [0.2, 0.25) is 0 Å². The van der Waals surface area contributed by atoms with E-state index in [9.17, 15) is 0 Å². The van der Waals surface area contributed by atoms with Crippen molar-refractivity contribution < 1.29 is 0 Å². The Morgan fingerprint density at radius 3 is 1.33 bits per heavy atom. The maximum atomic E-state index is 2.45. The van der Waals surface area contributed by atoms with Gasteiger partial charge in [0.25, 0.3) is 0 Å². The monoisotopic (exact) mass is 562 g/mol. The number of nitrogens with zero attached hydrogens (tertiary/aromatic N) is 2. The summed E-state index contributed by atoms with van der Waals surface area (Å²) in [6, 6.07) is 40.9. The number of hydrogen-bond donors (Lipinski definition) is 0. The molecule has 0 fully saturated rings. The molecule has 43 heavy (non-hydrogen) atoms. The van der Waals surface area contributed by atoms with Gasteiger partial charge in [-0.1, -0.05) is 116 Å². The molecule has 5 aromatic carbocycles. The molecule has 0 unspecified atom stereocenters. The van der Waals surface area contributed by atoms with Crippen LogP contribution in [-0.2, 0) is 16.2 Å². The Kier molecular flexibility index (Phi) is 5.98. The van der Waals surface area contributed by atoms with Crippen molar-refractivity contribution in [3.05, 3.63) is 131 Å². The smallest absolute Gasteiger partial charge is 0.0703 e. The molecule has 0 N–H and O–H groups in total. The summed E-state index contributed by atoms with van der Waals surface area (Å²) >= 11 is 0. The van der Waals surface area contributed by atoms with Crippen molar-refractivity contribution in [1.82, 2.24) is 0 Å².